The van der Waals surface area contributed by atoms with E-state index in [0.717, 1.165) is 0 Å². The third-order valence-electron chi connectivity index (χ3n) is 3.39. The Morgan fingerprint density at radius 2 is 1.42 bits per heavy atom. The third-order valence-corrected chi connectivity index (χ3v) is 3.39. The van der Waals surface area contributed by atoms with E-state index in [9.17, 15) is 14.4 Å². The van der Waals surface area contributed by atoms with Crippen LogP contribution in [-0.4, -0.2) is 31.1 Å². The summed E-state index contributed by atoms with van der Waals surface area (Å²) in [6.45, 7) is 6.82. The van der Waals surface area contributed by atoms with Crippen molar-refractivity contribution >= 4 is 17.9 Å². The van der Waals surface area contributed by atoms with Crippen LogP contribution in [0.1, 0.15) is 33.3 Å². The van der Waals surface area contributed by atoms with Crippen LogP contribution in [0.25, 0.3) is 0 Å². The average molecular weight is 388 g/mol. The van der Waals surface area contributed by atoms with Gasteiger partial charge in [0.1, 0.15) is 0 Å². The number of quaternary nitrogens is 1. The van der Waals surface area contributed by atoms with Crippen LogP contribution in [-0.2, 0) is 25.5 Å². The van der Waals surface area contributed by atoms with Gasteiger partial charge in [-0.3, -0.25) is 9.59 Å². The molecule has 1 rings (SSSR count). The lowest BCUT2D eigenvalue weighted by Gasteiger charge is -2.14. The highest BCUT2D eigenvalue weighted by Gasteiger charge is 2.22. The Morgan fingerprint density at radius 3 is 1.88 bits per heavy atom. The molecule has 0 aliphatic heterocycles. The van der Waals surface area contributed by atoms with Crippen molar-refractivity contribution in [3.8, 4) is 11.5 Å². The Kier molecular flexibility index (Phi) is 9.90. The van der Waals surface area contributed by atoms with Crippen molar-refractivity contribution in [3.63, 3.8) is 0 Å². The van der Waals surface area contributed by atoms with E-state index in [4.69, 9.17) is 9.47 Å². The van der Waals surface area contributed by atoms with E-state index in [-0.39, 0.29) is 35.7 Å². The summed E-state index contributed by atoms with van der Waals surface area (Å²) in [7, 11) is 1.30. The largest absolute Gasteiger partial charge is 1.00 e. The van der Waals surface area contributed by atoms with Crippen LogP contribution in [0.3, 0.4) is 0 Å². The van der Waals surface area contributed by atoms with E-state index >= 15 is 0 Å². The van der Waals surface area contributed by atoms with E-state index in [2.05, 4.69) is 10.5 Å². The van der Waals surface area contributed by atoms with Gasteiger partial charge in [-0.05, 0) is 17.7 Å². The first-order valence-corrected chi connectivity index (χ1v) is 8.12. The first-order valence-electron chi connectivity index (χ1n) is 8.12. The third kappa shape index (κ3) is 7.01. The Hall–Kier alpha value is -2.12. The molecule has 0 amide bonds. The number of carbonyl (C=O) groups is 3. The summed E-state index contributed by atoms with van der Waals surface area (Å²) in [5.74, 6) is -1.67. The number of esters is 3. The van der Waals surface area contributed by atoms with Crippen LogP contribution < -0.4 is 27.6 Å². The van der Waals surface area contributed by atoms with Crippen molar-refractivity contribution in [2.75, 3.05) is 7.11 Å². The van der Waals surface area contributed by atoms with Crippen LogP contribution in [0.15, 0.2) is 18.2 Å². The lowest BCUT2D eigenvalue weighted by Crippen LogP contribution is -3.00. The zero-order chi connectivity index (χ0) is 19.1. The van der Waals surface area contributed by atoms with Gasteiger partial charge in [-0.1, -0.05) is 33.8 Å². The minimum absolute atomic E-state index is 0. The number of carbonyl (C=O) groups excluding carboxylic acids is 3. The Balaban J connectivity index is 0.00000625. The first kappa shape index (κ1) is 23.9. The minimum atomic E-state index is -0.595. The number of hydrogen-bond donors (Lipinski definition) is 1. The molecule has 26 heavy (non-hydrogen) atoms. The second-order valence-electron chi connectivity index (χ2n) is 6.36. The number of rotatable bonds is 7. The summed E-state index contributed by atoms with van der Waals surface area (Å²) in [6.07, 6.45) is 0.303. The predicted molar refractivity (Wildman–Crippen MR) is 89.8 cm³/mol. The summed E-state index contributed by atoms with van der Waals surface area (Å²) in [6, 6.07) is 4.21. The van der Waals surface area contributed by atoms with Crippen molar-refractivity contribution in [1.82, 2.24) is 0 Å². The molecule has 1 aromatic rings. The molecule has 3 N–H and O–H groups in total. The Bertz CT molecular complexity index is 645. The first-order chi connectivity index (χ1) is 11.6. The average Bonchev–Trinajstić information content (AvgIpc) is 2.55. The molecule has 1 aromatic carbocycles. The molecule has 1 atom stereocenters. The summed E-state index contributed by atoms with van der Waals surface area (Å²) in [5.41, 5.74) is 4.46. The van der Waals surface area contributed by atoms with Gasteiger partial charge < -0.3 is 32.4 Å². The van der Waals surface area contributed by atoms with Crippen LogP contribution in [0, 0.1) is 11.8 Å². The fourth-order valence-electron chi connectivity index (χ4n) is 1.83. The normalized spacial score (nSPS) is 11.5. The number of benzene rings is 1. The Morgan fingerprint density at radius 1 is 0.923 bits per heavy atom. The number of ether oxygens (including phenoxy) is 3. The molecular formula is C18H26ClNO6. The smallest absolute Gasteiger partial charge is 0.364 e. The van der Waals surface area contributed by atoms with Gasteiger partial charge in [0, 0.05) is 6.42 Å². The summed E-state index contributed by atoms with van der Waals surface area (Å²) in [5, 5.41) is 0. The standard InChI is InChI=1S/C18H25NO6.ClH/c1-10(2)16(20)24-14-7-6-12(8-13(19)18(22)23-5)9-15(14)25-17(21)11(3)4;/h6-7,9-11,13H,8,19H2,1-5H3;1H/t13-;/m0./s1. The molecule has 7 nitrogen and oxygen atoms in total. The molecule has 8 heteroatoms. The van der Waals surface area contributed by atoms with Crippen molar-refractivity contribution in [2.45, 2.75) is 40.2 Å². The van der Waals surface area contributed by atoms with Crippen molar-refractivity contribution in [1.29, 1.82) is 0 Å². The molecule has 146 valence electrons. The van der Waals surface area contributed by atoms with Crippen molar-refractivity contribution in [2.24, 2.45) is 11.8 Å². The molecule has 0 heterocycles. The minimum Gasteiger partial charge on any atom is -1.00 e. The van der Waals surface area contributed by atoms with Gasteiger partial charge in [0.25, 0.3) is 0 Å². The summed E-state index contributed by atoms with van der Waals surface area (Å²) >= 11 is 0. The highest BCUT2D eigenvalue weighted by Crippen LogP contribution is 2.30. The quantitative estimate of drug-likeness (QED) is 0.434. The van der Waals surface area contributed by atoms with Crippen LogP contribution in [0.2, 0.25) is 0 Å². The second-order valence-corrected chi connectivity index (χ2v) is 6.36. The maximum absolute atomic E-state index is 11.9. The molecular weight excluding hydrogens is 362 g/mol. The zero-order valence-electron chi connectivity index (χ0n) is 15.7. The van der Waals surface area contributed by atoms with Crippen LogP contribution >= 0.6 is 0 Å². The monoisotopic (exact) mass is 387 g/mol. The van der Waals surface area contributed by atoms with Gasteiger partial charge in [0.2, 0.25) is 0 Å². The molecule has 0 saturated carbocycles. The fourth-order valence-corrected chi connectivity index (χ4v) is 1.83. The summed E-state index contributed by atoms with van der Waals surface area (Å²) < 4.78 is 15.3. The molecule has 0 aliphatic carbocycles. The lowest BCUT2D eigenvalue weighted by atomic mass is 10.1. The molecule has 0 saturated heterocycles. The van der Waals surface area contributed by atoms with Crippen LogP contribution in [0.5, 0.6) is 11.5 Å². The second kappa shape index (κ2) is 10.8. The fraction of sp³-hybridized carbons (Fsp3) is 0.500. The SMILES string of the molecule is COC(=O)[C@@H]([NH3+])Cc1ccc(OC(=O)C(C)C)c(OC(=O)C(C)C)c1.[Cl-]. The number of hydrogen-bond acceptors (Lipinski definition) is 6. The highest BCUT2D eigenvalue weighted by molar-refractivity contribution is 5.78. The molecule has 0 aliphatic rings. The topological polar surface area (TPSA) is 107 Å². The molecule has 0 spiro atoms. The molecule has 0 radical (unpaired) electrons. The van der Waals surface area contributed by atoms with Gasteiger partial charge in [0.05, 0.1) is 18.9 Å². The number of methoxy groups -OCH3 is 1. The van der Waals surface area contributed by atoms with E-state index in [1.165, 1.54) is 7.11 Å². The molecule has 0 fully saturated rings. The van der Waals surface area contributed by atoms with E-state index in [1.54, 1.807) is 45.9 Å². The predicted octanol–water partition coefficient (Wildman–Crippen LogP) is -1.86. The zero-order valence-corrected chi connectivity index (χ0v) is 16.5. The van der Waals surface area contributed by atoms with Gasteiger partial charge in [-0.25, -0.2) is 4.79 Å². The highest BCUT2D eigenvalue weighted by atomic mass is 35.5. The molecule has 0 unspecified atom stereocenters. The summed E-state index contributed by atoms with van der Waals surface area (Å²) in [4.78, 5) is 35.3. The maximum atomic E-state index is 11.9. The van der Waals surface area contributed by atoms with Gasteiger partial charge >= 0.3 is 17.9 Å². The van der Waals surface area contributed by atoms with E-state index in [1.807, 2.05) is 0 Å². The van der Waals surface area contributed by atoms with Gasteiger partial charge in [-0.15, -0.1) is 0 Å². The van der Waals surface area contributed by atoms with Crippen molar-refractivity contribution < 1.29 is 46.7 Å². The maximum Gasteiger partial charge on any atom is 0.364 e. The van der Waals surface area contributed by atoms with Gasteiger partial charge in [-0.2, -0.15) is 0 Å². The van der Waals surface area contributed by atoms with E-state index < -0.39 is 23.9 Å². The van der Waals surface area contributed by atoms with Gasteiger partial charge in [0.15, 0.2) is 17.5 Å². The molecule has 0 bridgehead atoms. The van der Waals surface area contributed by atoms with Crippen molar-refractivity contribution in [3.05, 3.63) is 23.8 Å². The lowest BCUT2D eigenvalue weighted by molar-refractivity contribution is -0.407. The molecule has 0 aromatic heterocycles. The number of halogens is 1. The van der Waals surface area contributed by atoms with E-state index in [0.29, 0.717) is 12.0 Å². The Labute approximate surface area is 159 Å². The van der Waals surface area contributed by atoms with Crippen LogP contribution in [0.4, 0.5) is 0 Å².